The Balaban J connectivity index is 0.00000400. The average Bonchev–Trinajstić information content (AvgIpc) is 2.37. The van der Waals surface area contributed by atoms with Gasteiger partial charge in [-0.05, 0) is 52.3 Å². The molecule has 0 saturated carbocycles. The zero-order valence-electron chi connectivity index (χ0n) is 13.7. The predicted molar refractivity (Wildman–Crippen MR) is 96.0 cm³/mol. The summed E-state index contributed by atoms with van der Waals surface area (Å²) in [6.07, 6.45) is 1.97. The van der Waals surface area contributed by atoms with Crippen molar-refractivity contribution in [3.8, 4) is 0 Å². The molecule has 1 aromatic rings. The van der Waals surface area contributed by atoms with Crippen LogP contribution in [-0.4, -0.2) is 56.9 Å². The van der Waals surface area contributed by atoms with E-state index in [1.54, 1.807) is 0 Å². The number of rotatable bonds is 7. The number of hydrogen-bond acceptors (Lipinski definition) is 3. The second-order valence-corrected chi connectivity index (χ2v) is 5.82. The number of allylic oxidation sites excluding steroid dienone is 1. The van der Waals surface area contributed by atoms with Crippen LogP contribution in [0.4, 0.5) is 0 Å². The Labute approximate surface area is 139 Å². The predicted octanol–water partition coefficient (Wildman–Crippen LogP) is 2.98. The van der Waals surface area contributed by atoms with Gasteiger partial charge in [0.05, 0.1) is 0 Å². The van der Waals surface area contributed by atoms with E-state index in [9.17, 15) is 4.79 Å². The largest absolute Gasteiger partial charge is 0.309 e. The molecule has 0 unspecified atom stereocenters. The number of Topliss-reactive ketones (excluding diaryl/α,β-unsaturated/α-hetero) is 1. The van der Waals surface area contributed by atoms with Crippen molar-refractivity contribution in [2.24, 2.45) is 5.92 Å². The molecule has 0 atom stereocenters. The van der Waals surface area contributed by atoms with Gasteiger partial charge in [-0.3, -0.25) is 4.79 Å². The first-order valence-electron chi connectivity index (χ1n) is 6.97. The Hall–Kier alpha value is -0.970. The third-order valence-corrected chi connectivity index (χ3v) is 3.11. The number of ketones is 1. The minimum Gasteiger partial charge on any atom is -0.309 e. The molecule has 0 aliphatic carbocycles. The molecule has 0 aliphatic rings. The van der Waals surface area contributed by atoms with Crippen LogP contribution in [0.15, 0.2) is 35.9 Å². The Morgan fingerprint density at radius 2 is 1.52 bits per heavy atom. The van der Waals surface area contributed by atoms with Crippen LogP contribution in [0.25, 0.3) is 6.08 Å². The van der Waals surface area contributed by atoms with Gasteiger partial charge in [-0.2, -0.15) is 0 Å². The second-order valence-electron chi connectivity index (χ2n) is 5.82. The minimum absolute atomic E-state index is 0. The molecule has 0 aliphatic heterocycles. The zero-order valence-corrected chi connectivity index (χ0v) is 15.4. The van der Waals surface area contributed by atoms with Crippen LogP contribution >= 0.6 is 17.0 Å². The molecule has 1 rings (SSSR count). The molecule has 0 heterocycles. The average molecular weight is 355 g/mol. The lowest BCUT2D eigenvalue weighted by atomic mass is 9.96. The summed E-state index contributed by atoms with van der Waals surface area (Å²) in [5.41, 5.74) is 1.90. The summed E-state index contributed by atoms with van der Waals surface area (Å²) in [5, 5.41) is 0. The molecule has 21 heavy (non-hydrogen) atoms. The number of hydrogen-bond donors (Lipinski definition) is 0. The van der Waals surface area contributed by atoms with Crippen molar-refractivity contribution in [1.82, 2.24) is 9.80 Å². The molecule has 0 bridgehead atoms. The summed E-state index contributed by atoms with van der Waals surface area (Å²) >= 11 is 0. The van der Waals surface area contributed by atoms with Crippen LogP contribution in [-0.2, 0) is 4.79 Å². The molecule has 0 fully saturated rings. The summed E-state index contributed by atoms with van der Waals surface area (Å²) < 4.78 is 0. The monoisotopic (exact) mass is 354 g/mol. The van der Waals surface area contributed by atoms with Crippen molar-refractivity contribution in [1.29, 1.82) is 0 Å². The van der Waals surface area contributed by atoms with Crippen LogP contribution in [0.2, 0.25) is 0 Å². The van der Waals surface area contributed by atoms with Gasteiger partial charge in [0.25, 0.3) is 0 Å². The summed E-state index contributed by atoms with van der Waals surface area (Å²) in [7, 11) is 8.02. The third-order valence-electron chi connectivity index (χ3n) is 3.11. The van der Waals surface area contributed by atoms with Crippen molar-refractivity contribution in [2.45, 2.75) is 6.92 Å². The molecule has 0 N–H and O–H groups in total. The number of carbonyl (C=O) groups excluding carboxylic acids is 1. The lowest BCUT2D eigenvalue weighted by Crippen LogP contribution is -2.36. The Morgan fingerprint density at radius 3 is 1.95 bits per heavy atom. The molecule has 3 nitrogen and oxygen atoms in total. The van der Waals surface area contributed by atoms with E-state index in [1.165, 1.54) is 0 Å². The SMILES string of the molecule is Br.CC(=Cc1ccccc1)C(=O)C(CN(C)C)CN(C)C. The molecular formula is C17H27BrN2O. The van der Waals surface area contributed by atoms with Crippen molar-refractivity contribution >= 4 is 28.8 Å². The fraction of sp³-hybridized carbons (Fsp3) is 0.471. The molecule has 0 amide bonds. The fourth-order valence-corrected chi connectivity index (χ4v) is 2.30. The highest BCUT2D eigenvalue weighted by molar-refractivity contribution is 8.93. The van der Waals surface area contributed by atoms with Crippen molar-refractivity contribution in [3.63, 3.8) is 0 Å². The maximum Gasteiger partial charge on any atom is 0.164 e. The van der Waals surface area contributed by atoms with E-state index in [0.717, 1.165) is 24.2 Å². The summed E-state index contributed by atoms with van der Waals surface area (Å²) in [4.78, 5) is 16.7. The summed E-state index contributed by atoms with van der Waals surface area (Å²) in [5.74, 6) is 0.246. The molecule has 0 aromatic heterocycles. The highest BCUT2D eigenvalue weighted by Gasteiger charge is 2.21. The number of nitrogens with zero attached hydrogens (tertiary/aromatic N) is 2. The van der Waals surface area contributed by atoms with E-state index in [1.807, 2.05) is 71.5 Å². The van der Waals surface area contributed by atoms with Gasteiger partial charge in [-0.1, -0.05) is 30.3 Å². The molecule has 0 radical (unpaired) electrons. The van der Waals surface area contributed by atoms with Crippen LogP contribution in [0, 0.1) is 5.92 Å². The van der Waals surface area contributed by atoms with Gasteiger partial charge in [-0.25, -0.2) is 0 Å². The first kappa shape index (κ1) is 20.0. The topological polar surface area (TPSA) is 23.6 Å². The third kappa shape index (κ3) is 7.55. The lowest BCUT2D eigenvalue weighted by Gasteiger charge is -2.23. The molecule has 4 heteroatoms. The van der Waals surface area contributed by atoms with E-state index in [-0.39, 0.29) is 28.7 Å². The van der Waals surface area contributed by atoms with Crippen LogP contribution in [0.5, 0.6) is 0 Å². The van der Waals surface area contributed by atoms with Gasteiger partial charge in [0, 0.05) is 19.0 Å². The molecule has 0 spiro atoms. The fourth-order valence-electron chi connectivity index (χ4n) is 2.30. The Bertz CT molecular complexity index is 445. The molecule has 0 saturated heterocycles. The van der Waals surface area contributed by atoms with Crippen molar-refractivity contribution in [2.75, 3.05) is 41.3 Å². The van der Waals surface area contributed by atoms with Gasteiger partial charge in [-0.15, -0.1) is 17.0 Å². The van der Waals surface area contributed by atoms with Crippen LogP contribution in [0.3, 0.4) is 0 Å². The van der Waals surface area contributed by atoms with Crippen LogP contribution < -0.4 is 0 Å². The number of halogens is 1. The van der Waals surface area contributed by atoms with Crippen LogP contribution in [0.1, 0.15) is 12.5 Å². The maximum absolute atomic E-state index is 12.6. The number of benzene rings is 1. The number of carbonyl (C=O) groups is 1. The highest BCUT2D eigenvalue weighted by atomic mass is 79.9. The maximum atomic E-state index is 12.6. The molecule has 1 aromatic carbocycles. The highest BCUT2D eigenvalue weighted by Crippen LogP contribution is 2.13. The second kappa shape index (κ2) is 9.87. The smallest absolute Gasteiger partial charge is 0.164 e. The molecule has 118 valence electrons. The van der Waals surface area contributed by atoms with Gasteiger partial charge in [0.1, 0.15) is 0 Å². The van der Waals surface area contributed by atoms with Crippen molar-refractivity contribution < 1.29 is 4.79 Å². The normalized spacial score (nSPS) is 11.9. The standard InChI is InChI=1S/C17H26N2O.BrH/c1-14(11-15-9-7-6-8-10-15)17(20)16(12-18(2)3)13-19(4)5;/h6-11,16H,12-13H2,1-5H3;1H. The van der Waals surface area contributed by atoms with E-state index < -0.39 is 0 Å². The first-order valence-corrected chi connectivity index (χ1v) is 6.97. The Morgan fingerprint density at radius 1 is 1.05 bits per heavy atom. The van der Waals surface area contributed by atoms with Gasteiger partial charge >= 0.3 is 0 Å². The Kier molecular flexibility index (Phi) is 9.42. The van der Waals surface area contributed by atoms with Gasteiger partial charge in [0.2, 0.25) is 0 Å². The lowest BCUT2D eigenvalue weighted by molar-refractivity contribution is -0.120. The van der Waals surface area contributed by atoms with Crippen molar-refractivity contribution in [3.05, 3.63) is 41.5 Å². The van der Waals surface area contributed by atoms with E-state index >= 15 is 0 Å². The molecular weight excluding hydrogens is 328 g/mol. The first-order chi connectivity index (χ1) is 9.40. The van der Waals surface area contributed by atoms with E-state index in [4.69, 9.17) is 0 Å². The quantitative estimate of drug-likeness (QED) is 0.703. The van der Waals surface area contributed by atoms with E-state index in [2.05, 4.69) is 9.80 Å². The summed E-state index contributed by atoms with van der Waals surface area (Å²) in [6, 6.07) is 9.99. The van der Waals surface area contributed by atoms with Gasteiger partial charge < -0.3 is 9.80 Å². The zero-order chi connectivity index (χ0) is 15.1. The summed E-state index contributed by atoms with van der Waals surface area (Å²) in [6.45, 7) is 3.46. The van der Waals surface area contributed by atoms with Gasteiger partial charge in [0.15, 0.2) is 5.78 Å². The minimum atomic E-state index is 0. The van der Waals surface area contributed by atoms with E-state index in [0.29, 0.717) is 0 Å².